The van der Waals surface area contributed by atoms with Gasteiger partial charge in [0.15, 0.2) is 0 Å². The van der Waals surface area contributed by atoms with E-state index in [1.807, 2.05) is 23.6 Å². The molecule has 0 spiro atoms. The smallest absolute Gasteiger partial charge is 0.294 e. The summed E-state index contributed by atoms with van der Waals surface area (Å²) < 4.78 is 32.5. The summed E-state index contributed by atoms with van der Waals surface area (Å²) in [6.07, 6.45) is 5.66. The first-order valence-electron chi connectivity index (χ1n) is 8.86. The first kappa shape index (κ1) is 18.9. The normalized spacial score (nSPS) is 16.7. The molecule has 4 rings (SSSR count). The highest BCUT2D eigenvalue weighted by molar-refractivity contribution is 7.92. The van der Waals surface area contributed by atoms with Gasteiger partial charge in [0, 0.05) is 11.4 Å². The van der Waals surface area contributed by atoms with E-state index in [-0.39, 0.29) is 10.3 Å². The zero-order valence-electron chi connectivity index (χ0n) is 14.5. The van der Waals surface area contributed by atoms with E-state index in [9.17, 15) is 8.42 Å². The van der Waals surface area contributed by atoms with Gasteiger partial charge in [0.25, 0.3) is 10.0 Å². The molecule has 0 saturated heterocycles. The van der Waals surface area contributed by atoms with Crippen LogP contribution in [0.5, 0.6) is 0 Å². The van der Waals surface area contributed by atoms with Gasteiger partial charge in [-0.25, -0.2) is 0 Å². The average molecular weight is 439 g/mol. The highest BCUT2D eigenvalue weighted by atomic mass is 35.5. The Bertz CT molecular complexity index is 1090. The van der Waals surface area contributed by atoms with Crippen molar-refractivity contribution in [3.05, 3.63) is 57.0 Å². The number of nitrogens with zero attached hydrogens (tertiary/aromatic N) is 2. The lowest BCUT2D eigenvalue weighted by molar-refractivity contribution is 0.351. The Balaban J connectivity index is 1.87. The lowest BCUT2D eigenvalue weighted by Crippen LogP contribution is -2.24. The zero-order chi connectivity index (χ0) is 18.9. The van der Waals surface area contributed by atoms with Crippen molar-refractivity contribution >= 4 is 44.3 Å². The molecule has 2 heterocycles. The number of rotatable bonds is 4. The molecule has 0 atom stereocenters. The standard InChI is InChI=1S/C19H19ClN2O2S3/c20-17-11-12-18(26-17)27(23,24)21-19-22(15-9-5-2-6-10-15)16(13-25-19)14-7-3-1-4-8-14/h1,3-4,7-8,11-13,15H,2,5-6,9-10H2/b21-19+. The van der Waals surface area contributed by atoms with Crippen LogP contribution in [0.15, 0.2) is 56.5 Å². The summed E-state index contributed by atoms with van der Waals surface area (Å²) in [5.41, 5.74) is 2.11. The van der Waals surface area contributed by atoms with Crippen LogP contribution in [0.1, 0.15) is 38.1 Å². The van der Waals surface area contributed by atoms with Gasteiger partial charge in [0.05, 0.1) is 10.0 Å². The zero-order valence-corrected chi connectivity index (χ0v) is 17.8. The van der Waals surface area contributed by atoms with Crippen molar-refractivity contribution in [1.29, 1.82) is 0 Å². The lowest BCUT2D eigenvalue weighted by Gasteiger charge is -2.25. The molecule has 1 aliphatic carbocycles. The summed E-state index contributed by atoms with van der Waals surface area (Å²) in [6.45, 7) is 0. The van der Waals surface area contributed by atoms with Gasteiger partial charge >= 0.3 is 0 Å². The second-order valence-corrected chi connectivity index (χ2v) is 10.9. The van der Waals surface area contributed by atoms with E-state index in [0.717, 1.165) is 48.3 Å². The number of aromatic nitrogens is 1. The number of halogens is 1. The van der Waals surface area contributed by atoms with Crippen molar-refractivity contribution in [1.82, 2.24) is 4.57 Å². The number of thiophene rings is 1. The van der Waals surface area contributed by atoms with Crippen LogP contribution in [-0.4, -0.2) is 13.0 Å². The van der Waals surface area contributed by atoms with Gasteiger partial charge in [-0.1, -0.05) is 61.2 Å². The fraction of sp³-hybridized carbons (Fsp3) is 0.316. The third kappa shape index (κ3) is 4.06. The topological polar surface area (TPSA) is 51.4 Å². The predicted molar refractivity (Wildman–Crippen MR) is 112 cm³/mol. The molecule has 1 saturated carbocycles. The van der Waals surface area contributed by atoms with Gasteiger partial charge in [-0.2, -0.15) is 8.42 Å². The molecule has 0 N–H and O–H groups in total. The van der Waals surface area contributed by atoms with Gasteiger partial charge in [0.1, 0.15) is 4.21 Å². The van der Waals surface area contributed by atoms with Crippen molar-refractivity contribution < 1.29 is 8.42 Å². The van der Waals surface area contributed by atoms with Crippen LogP contribution in [0, 0.1) is 0 Å². The Labute approximate surface area is 171 Å². The Hall–Kier alpha value is -1.41. The summed E-state index contributed by atoms with van der Waals surface area (Å²) >= 11 is 8.34. The third-order valence-corrected chi connectivity index (χ3v) is 8.67. The van der Waals surface area contributed by atoms with Gasteiger partial charge in [0.2, 0.25) is 4.80 Å². The van der Waals surface area contributed by atoms with E-state index in [1.165, 1.54) is 23.8 Å². The molecule has 27 heavy (non-hydrogen) atoms. The number of benzene rings is 1. The summed E-state index contributed by atoms with van der Waals surface area (Å²) in [4.78, 5) is 0.533. The molecule has 2 aromatic heterocycles. The van der Waals surface area contributed by atoms with E-state index >= 15 is 0 Å². The van der Waals surface area contributed by atoms with E-state index in [4.69, 9.17) is 11.6 Å². The van der Waals surface area contributed by atoms with Crippen molar-refractivity contribution in [2.24, 2.45) is 4.40 Å². The molecule has 1 aliphatic rings. The summed E-state index contributed by atoms with van der Waals surface area (Å²) in [6, 6.07) is 13.5. The van der Waals surface area contributed by atoms with Crippen LogP contribution in [0.25, 0.3) is 11.3 Å². The third-order valence-electron chi connectivity index (χ3n) is 4.75. The second-order valence-electron chi connectivity index (χ2n) is 6.56. The van der Waals surface area contributed by atoms with Crippen LogP contribution in [0.3, 0.4) is 0 Å². The quantitative estimate of drug-likeness (QED) is 0.522. The fourth-order valence-electron chi connectivity index (χ4n) is 3.48. The van der Waals surface area contributed by atoms with Crippen molar-refractivity contribution in [2.75, 3.05) is 0 Å². The van der Waals surface area contributed by atoms with Crippen molar-refractivity contribution in [3.8, 4) is 11.3 Å². The summed E-state index contributed by atoms with van der Waals surface area (Å²) in [5, 5.41) is 2.01. The van der Waals surface area contributed by atoms with Crippen LogP contribution >= 0.6 is 34.3 Å². The Morgan fingerprint density at radius 3 is 2.44 bits per heavy atom. The minimum Gasteiger partial charge on any atom is -0.313 e. The summed E-state index contributed by atoms with van der Waals surface area (Å²) in [5.74, 6) is 0. The Kier molecular flexibility index (Phi) is 5.55. The first-order valence-corrected chi connectivity index (χ1v) is 12.4. The molecule has 3 aromatic rings. The number of hydrogen-bond acceptors (Lipinski definition) is 4. The largest absolute Gasteiger partial charge is 0.313 e. The number of sulfonamides is 1. The predicted octanol–water partition coefficient (Wildman–Crippen LogP) is 5.73. The fourth-order valence-corrected chi connectivity index (χ4v) is 7.12. The van der Waals surface area contributed by atoms with Gasteiger partial charge < -0.3 is 4.57 Å². The lowest BCUT2D eigenvalue weighted by atomic mass is 9.95. The van der Waals surface area contributed by atoms with E-state index in [0.29, 0.717) is 9.14 Å². The molecule has 4 nitrogen and oxygen atoms in total. The average Bonchev–Trinajstić information content (AvgIpc) is 3.30. The van der Waals surface area contributed by atoms with Crippen LogP contribution in [0.2, 0.25) is 4.34 Å². The maximum atomic E-state index is 12.8. The van der Waals surface area contributed by atoms with Crippen LogP contribution < -0.4 is 4.80 Å². The Morgan fingerprint density at radius 2 is 1.78 bits per heavy atom. The minimum atomic E-state index is -3.77. The Morgan fingerprint density at radius 1 is 1.04 bits per heavy atom. The summed E-state index contributed by atoms with van der Waals surface area (Å²) in [7, 11) is -3.77. The molecule has 0 aliphatic heterocycles. The molecular formula is C19H19ClN2O2S3. The second kappa shape index (κ2) is 7.91. The van der Waals surface area contributed by atoms with E-state index < -0.39 is 10.0 Å². The molecule has 0 unspecified atom stereocenters. The SMILES string of the molecule is O=S(=O)(/N=c1/scc(-c2ccccc2)n1C1CCCCC1)c1ccc(Cl)s1. The maximum absolute atomic E-state index is 12.8. The molecule has 0 amide bonds. The molecule has 142 valence electrons. The van der Waals surface area contributed by atoms with Crippen LogP contribution in [-0.2, 0) is 10.0 Å². The molecule has 0 bridgehead atoms. The molecule has 1 fully saturated rings. The number of hydrogen-bond donors (Lipinski definition) is 0. The maximum Gasteiger partial charge on any atom is 0.294 e. The van der Waals surface area contributed by atoms with Crippen LogP contribution in [0.4, 0.5) is 0 Å². The minimum absolute atomic E-state index is 0.178. The van der Waals surface area contributed by atoms with Crippen molar-refractivity contribution in [3.63, 3.8) is 0 Å². The van der Waals surface area contributed by atoms with Crippen molar-refractivity contribution in [2.45, 2.75) is 42.4 Å². The van der Waals surface area contributed by atoms with Gasteiger partial charge in [-0.15, -0.1) is 27.1 Å². The highest BCUT2D eigenvalue weighted by Crippen LogP contribution is 2.33. The van der Waals surface area contributed by atoms with Gasteiger partial charge in [-0.3, -0.25) is 0 Å². The highest BCUT2D eigenvalue weighted by Gasteiger charge is 2.22. The molecular weight excluding hydrogens is 420 g/mol. The first-order chi connectivity index (χ1) is 13.0. The molecule has 0 radical (unpaired) electrons. The van der Waals surface area contributed by atoms with E-state index in [2.05, 4.69) is 21.1 Å². The van der Waals surface area contributed by atoms with Gasteiger partial charge in [-0.05, 0) is 30.5 Å². The molecule has 1 aromatic carbocycles. The monoisotopic (exact) mass is 438 g/mol. The molecule has 8 heteroatoms. The van der Waals surface area contributed by atoms with E-state index in [1.54, 1.807) is 6.07 Å². The number of thiazole rings is 1.